The van der Waals surface area contributed by atoms with Crippen LogP contribution >= 0.6 is 11.8 Å². The van der Waals surface area contributed by atoms with Gasteiger partial charge in [0.25, 0.3) is 0 Å². The Hall–Kier alpha value is -1.37. The van der Waals surface area contributed by atoms with Crippen molar-refractivity contribution >= 4 is 35.2 Å². The van der Waals surface area contributed by atoms with Crippen LogP contribution in [0.2, 0.25) is 0 Å². The lowest BCUT2D eigenvalue weighted by atomic mass is 10.2. The van der Waals surface area contributed by atoms with Crippen molar-refractivity contribution in [3.63, 3.8) is 0 Å². The summed E-state index contributed by atoms with van der Waals surface area (Å²) in [7, 11) is 0. The average Bonchev–Trinajstić information content (AvgIpc) is 3.08. The van der Waals surface area contributed by atoms with Crippen molar-refractivity contribution < 1.29 is 14.4 Å². The van der Waals surface area contributed by atoms with E-state index in [9.17, 15) is 14.4 Å². The van der Waals surface area contributed by atoms with Crippen LogP contribution in [0.15, 0.2) is 0 Å². The highest BCUT2D eigenvalue weighted by Gasteiger charge is 2.38. The molecular weight excluding hydrogens is 410 g/mol. The zero-order valence-electron chi connectivity index (χ0n) is 22.0. The zero-order valence-corrected chi connectivity index (χ0v) is 22.8. The summed E-state index contributed by atoms with van der Waals surface area (Å²) >= 11 is 1.50. The number of hydrogen-bond donors (Lipinski definition) is 2. The molecule has 1 fully saturated rings. The summed E-state index contributed by atoms with van der Waals surface area (Å²) in [5, 5.41) is 9.86. The Morgan fingerprint density at radius 1 is 1.03 bits per heavy atom. The lowest BCUT2D eigenvalue weighted by Gasteiger charge is -2.14. The van der Waals surface area contributed by atoms with E-state index in [2.05, 4.69) is 5.32 Å². The third-order valence-electron chi connectivity index (χ3n) is 3.58. The van der Waals surface area contributed by atoms with Crippen LogP contribution in [-0.2, 0) is 14.4 Å². The minimum absolute atomic E-state index is 0.0288. The number of imide groups is 1. The topological polar surface area (TPSA) is 90.3 Å². The molecule has 3 amide bonds. The summed E-state index contributed by atoms with van der Waals surface area (Å²) in [6, 6.07) is 0. The van der Waals surface area contributed by atoms with Gasteiger partial charge < -0.3 is 10.7 Å². The Balaban J connectivity index is -0.000000407. The lowest BCUT2D eigenvalue weighted by Crippen LogP contribution is -2.33. The molecule has 1 unspecified atom stereocenters. The van der Waals surface area contributed by atoms with Crippen LogP contribution < -0.4 is 5.32 Å². The maximum absolute atomic E-state index is 12.2. The number of nitrogens with one attached hydrogen (secondary N) is 2. The van der Waals surface area contributed by atoms with Gasteiger partial charge in [-0.1, -0.05) is 62.3 Å². The summed E-state index contributed by atoms with van der Waals surface area (Å²) in [5.41, 5.74) is 0.641. The Morgan fingerprint density at radius 3 is 2.06 bits per heavy atom. The molecule has 0 aromatic carbocycles. The first-order chi connectivity index (χ1) is 15.0. The van der Waals surface area contributed by atoms with E-state index in [0.717, 1.165) is 25.0 Å². The summed E-state index contributed by atoms with van der Waals surface area (Å²) in [4.78, 5) is 37.0. The second kappa shape index (κ2) is 28.6. The van der Waals surface area contributed by atoms with Gasteiger partial charge in [0.05, 0.1) is 5.25 Å². The number of nitrogens with zero attached hydrogens (tertiary/aromatic N) is 1. The predicted octanol–water partition coefficient (Wildman–Crippen LogP) is 6.08. The standard InChI is InChI=1S/C16H27N3O3S.4C2H6/c1-3-8-18-14(20)7-4-9-19-15(21)11-13(16(19)22)23-10-5-6-12(2)17;4*1-2/h13,17H,3-11H2,1-2H3,(H,18,20);4*1-2H3. The smallest absolute Gasteiger partial charge is 0.242 e. The highest BCUT2D eigenvalue weighted by molar-refractivity contribution is 8.00. The van der Waals surface area contributed by atoms with Crippen molar-refractivity contribution in [1.82, 2.24) is 10.2 Å². The summed E-state index contributed by atoms with van der Waals surface area (Å²) in [6.07, 6.45) is 3.60. The van der Waals surface area contributed by atoms with Crippen LogP contribution in [0.4, 0.5) is 0 Å². The number of amides is 3. The number of rotatable bonds is 11. The first-order valence-corrected chi connectivity index (χ1v) is 13.3. The van der Waals surface area contributed by atoms with Crippen LogP contribution in [0.25, 0.3) is 0 Å². The third-order valence-corrected chi connectivity index (χ3v) is 4.87. The van der Waals surface area contributed by atoms with E-state index in [-0.39, 0.29) is 29.4 Å². The Bertz CT molecular complexity index is 457. The minimum Gasteiger partial charge on any atom is -0.356 e. The quantitative estimate of drug-likeness (QED) is 0.222. The van der Waals surface area contributed by atoms with Gasteiger partial charge in [-0.05, 0) is 38.4 Å². The van der Waals surface area contributed by atoms with E-state index in [0.29, 0.717) is 31.6 Å². The molecule has 1 rings (SSSR count). The van der Waals surface area contributed by atoms with Crippen molar-refractivity contribution in [2.45, 2.75) is 113 Å². The Kier molecular flexibility index (Phi) is 34.1. The summed E-state index contributed by atoms with van der Waals surface area (Å²) in [5.74, 6) is 0.497. The molecule has 7 heteroatoms. The molecule has 0 bridgehead atoms. The van der Waals surface area contributed by atoms with Crippen molar-refractivity contribution in [3.05, 3.63) is 0 Å². The van der Waals surface area contributed by atoms with Crippen molar-refractivity contribution in [2.75, 3.05) is 18.8 Å². The Labute approximate surface area is 197 Å². The largest absolute Gasteiger partial charge is 0.356 e. The molecule has 0 aromatic heterocycles. The molecule has 0 radical (unpaired) electrons. The molecule has 1 atom stereocenters. The fraction of sp³-hybridized carbons (Fsp3) is 0.833. The van der Waals surface area contributed by atoms with Crippen LogP contribution in [0.5, 0.6) is 0 Å². The molecular formula is C24H51N3O3S. The van der Waals surface area contributed by atoms with Gasteiger partial charge in [0.2, 0.25) is 17.7 Å². The fourth-order valence-corrected chi connectivity index (χ4v) is 3.46. The van der Waals surface area contributed by atoms with E-state index in [4.69, 9.17) is 5.41 Å². The SMILES string of the molecule is CC.CC.CC.CC.CCCNC(=O)CCCN1C(=O)CC(SCCCC(C)=N)C1=O. The zero-order chi connectivity index (χ0) is 25.2. The number of likely N-dealkylation sites (tertiary alicyclic amines) is 1. The van der Waals surface area contributed by atoms with Crippen LogP contribution in [0, 0.1) is 5.41 Å². The molecule has 0 aliphatic carbocycles. The van der Waals surface area contributed by atoms with E-state index in [1.165, 1.54) is 16.7 Å². The van der Waals surface area contributed by atoms with Gasteiger partial charge >= 0.3 is 0 Å². The lowest BCUT2D eigenvalue weighted by molar-refractivity contribution is -0.138. The molecule has 6 nitrogen and oxygen atoms in total. The minimum atomic E-state index is -0.289. The molecule has 186 valence electrons. The Morgan fingerprint density at radius 2 is 1.58 bits per heavy atom. The normalized spacial score (nSPS) is 13.9. The molecule has 31 heavy (non-hydrogen) atoms. The number of carbonyl (C=O) groups excluding carboxylic acids is 3. The van der Waals surface area contributed by atoms with Gasteiger partial charge in [0.1, 0.15) is 0 Å². The molecule has 1 aliphatic rings. The van der Waals surface area contributed by atoms with Crippen molar-refractivity contribution in [2.24, 2.45) is 0 Å². The number of hydrogen-bond acceptors (Lipinski definition) is 5. The van der Waals surface area contributed by atoms with Crippen molar-refractivity contribution in [3.8, 4) is 0 Å². The van der Waals surface area contributed by atoms with E-state index < -0.39 is 0 Å². The van der Waals surface area contributed by atoms with E-state index in [1.54, 1.807) is 6.92 Å². The van der Waals surface area contributed by atoms with Crippen LogP contribution in [0.3, 0.4) is 0 Å². The van der Waals surface area contributed by atoms with Gasteiger partial charge in [0.15, 0.2) is 0 Å². The molecule has 2 N–H and O–H groups in total. The molecule has 0 spiro atoms. The highest BCUT2D eigenvalue weighted by atomic mass is 32.2. The predicted molar refractivity (Wildman–Crippen MR) is 138 cm³/mol. The molecule has 0 aromatic rings. The summed E-state index contributed by atoms with van der Waals surface area (Å²) < 4.78 is 0. The van der Waals surface area contributed by atoms with Crippen molar-refractivity contribution in [1.29, 1.82) is 5.41 Å². The highest BCUT2D eigenvalue weighted by Crippen LogP contribution is 2.26. The molecule has 1 saturated heterocycles. The third kappa shape index (κ3) is 20.3. The maximum Gasteiger partial charge on any atom is 0.242 e. The monoisotopic (exact) mass is 461 g/mol. The second-order valence-corrected chi connectivity index (χ2v) is 7.10. The average molecular weight is 462 g/mol. The van der Waals surface area contributed by atoms with Crippen LogP contribution in [-0.4, -0.2) is 52.4 Å². The number of thioether (sulfide) groups is 1. The first kappa shape index (κ1) is 37.0. The van der Waals surface area contributed by atoms with Gasteiger partial charge in [0, 0.05) is 31.6 Å². The van der Waals surface area contributed by atoms with Gasteiger partial charge in [-0.3, -0.25) is 19.3 Å². The second-order valence-electron chi connectivity index (χ2n) is 5.78. The fourth-order valence-electron chi connectivity index (χ4n) is 2.33. The first-order valence-electron chi connectivity index (χ1n) is 12.2. The number of carbonyl (C=O) groups is 3. The van der Waals surface area contributed by atoms with Gasteiger partial charge in [-0.15, -0.1) is 11.8 Å². The molecule has 0 saturated carbocycles. The van der Waals surface area contributed by atoms with Crippen LogP contribution in [0.1, 0.15) is 108 Å². The maximum atomic E-state index is 12.2. The van der Waals surface area contributed by atoms with Gasteiger partial charge in [-0.25, -0.2) is 0 Å². The molecule has 1 aliphatic heterocycles. The van der Waals surface area contributed by atoms with Gasteiger partial charge in [-0.2, -0.15) is 0 Å². The molecule has 1 heterocycles. The summed E-state index contributed by atoms with van der Waals surface area (Å²) in [6.45, 7) is 20.7. The van der Waals surface area contributed by atoms with E-state index >= 15 is 0 Å². The van der Waals surface area contributed by atoms with E-state index in [1.807, 2.05) is 62.3 Å².